The van der Waals surface area contributed by atoms with Crippen LogP contribution in [0.4, 0.5) is 0 Å². The molecule has 0 atom stereocenters. The molecule has 0 aromatic carbocycles. The zero-order chi connectivity index (χ0) is 7.78. The summed E-state index contributed by atoms with van der Waals surface area (Å²) in [6.07, 6.45) is 0. The van der Waals surface area contributed by atoms with Crippen LogP contribution in [0.5, 0.6) is 0 Å². The van der Waals surface area contributed by atoms with Crippen molar-refractivity contribution in [2.75, 3.05) is 0 Å². The first-order chi connectivity index (χ1) is 4.50. The smallest absolute Gasteiger partial charge is 0.206 e. The second-order valence-corrected chi connectivity index (χ2v) is 5.62. The fourth-order valence-corrected chi connectivity index (χ4v) is 2.41. The van der Waals surface area contributed by atoms with Gasteiger partial charge in [-0.05, 0) is 19.1 Å². The minimum atomic E-state index is -3.53. The van der Waals surface area contributed by atoms with Crippen LogP contribution in [0.2, 0.25) is 0 Å². The molecule has 0 aliphatic heterocycles. The Morgan fingerprint density at radius 2 is 2.10 bits per heavy atom. The number of rotatable bonds is 1. The van der Waals surface area contributed by atoms with Crippen molar-refractivity contribution in [3.05, 3.63) is 23.9 Å². The Labute approximate surface area is 67.9 Å². The topological polar surface area (TPSA) is 34.1 Å². The van der Waals surface area contributed by atoms with Crippen LogP contribution < -0.4 is 0 Å². The van der Waals surface area contributed by atoms with E-state index in [1.165, 1.54) is 6.07 Å². The van der Waals surface area contributed by atoms with Gasteiger partial charge in [-0.25, -0.2) is 8.42 Å². The van der Waals surface area contributed by atoms with Gasteiger partial charge in [0.15, 0.2) is 0 Å². The van der Waals surface area contributed by atoms with E-state index in [4.69, 9.17) is 10.7 Å². The third-order valence-corrected chi connectivity index (χ3v) is 3.91. The Kier molecular flexibility index (Phi) is 2.03. The van der Waals surface area contributed by atoms with Crippen molar-refractivity contribution in [3.63, 3.8) is 0 Å². The summed E-state index contributed by atoms with van der Waals surface area (Å²) in [7, 11) is 1.50. The average Bonchev–Trinajstić information content (AvgIpc) is 2.11. The molecule has 1 radical (unpaired) electrons. The van der Waals surface area contributed by atoms with Crippen LogP contribution in [0.3, 0.4) is 0 Å². The van der Waals surface area contributed by atoms with E-state index in [0.29, 0.717) is 4.88 Å². The summed E-state index contributed by atoms with van der Waals surface area (Å²) >= 11 is 1.06. The van der Waals surface area contributed by atoms with Crippen molar-refractivity contribution in [1.82, 2.24) is 0 Å². The molecule has 0 amide bonds. The molecule has 0 N–H and O–H groups in total. The molecule has 0 aliphatic rings. The molecular formula is C5H4ClO2S2. The van der Waals surface area contributed by atoms with Crippen LogP contribution in [0.15, 0.2) is 16.3 Å². The van der Waals surface area contributed by atoms with Crippen LogP contribution in [-0.4, -0.2) is 8.42 Å². The van der Waals surface area contributed by atoms with Crippen LogP contribution >= 0.6 is 22.0 Å². The van der Waals surface area contributed by atoms with Crippen LogP contribution in [0.1, 0.15) is 4.88 Å². The monoisotopic (exact) mass is 195 g/mol. The van der Waals surface area contributed by atoms with Crippen molar-refractivity contribution in [1.29, 1.82) is 0 Å². The summed E-state index contributed by atoms with van der Waals surface area (Å²) in [5.41, 5.74) is 0. The van der Waals surface area contributed by atoms with E-state index >= 15 is 0 Å². The highest BCUT2D eigenvalue weighted by Gasteiger charge is 2.10. The third kappa shape index (κ3) is 1.71. The zero-order valence-electron chi connectivity index (χ0n) is 4.87. The Morgan fingerprint density at radius 3 is 2.30 bits per heavy atom. The van der Waals surface area contributed by atoms with Gasteiger partial charge in [-0.3, -0.25) is 0 Å². The minimum Gasteiger partial charge on any atom is -0.206 e. The summed E-state index contributed by atoms with van der Waals surface area (Å²) in [5, 5.41) is 0. The van der Waals surface area contributed by atoms with Gasteiger partial charge in [0.25, 0.3) is 9.05 Å². The molecule has 1 aromatic heterocycles. The molecule has 1 heterocycles. The normalized spacial score (nSPS) is 11.8. The summed E-state index contributed by atoms with van der Waals surface area (Å²) in [5.74, 6) is 0. The summed E-state index contributed by atoms with van der Waals surface area (Å²) < 4.78 is 21.3. The highest BCUT2D eigenvalue weighted by Crippen LogP contribution is 2.23. The molecule has 1 aromatic rings. The Morgan fingerprint density at radius 1 is 1.50 bits per heavy atom. The maximum absolute atomic E-state index is 10.6. The van der Waals surface area contributed by atoms with Crippen molar-refractivity contribution in [2.24, 2.45) is 0 Å². The van der Waals surface area contributed by atoms with E-state index in [2.05, 4.69) is 6.92 Å². The molecule has 2 nitrogen and oxygen atoms in total. The lowest BCUT2D eigenvalue weighted by molar-refractivity contribution is 0.611. The first kappa shape index (κ1) is 8.04. The SMILES string of the molecule is [CH2]c1ccc(S(=O)(=O)Cl)s1. The van der Waals surface area contributed by atoms with Gasteiger partial charge < -0.3 is 0 Å². The third-order valence-electron chi connectivity index (χ3n) is 0.877. The highest BCUT2D eigenvalue weighted by molar-refractivity contribution is 8.15. The second kappa shape index (κ2) is 2.53. The average molecular weight is 196 g/mol. The number of hydrogen-bond donors (Lipinski definition) is 0. The van der Waals surface area contributed by atoms with Gasteiger partial charge in [0.05, 0.1) is 0 Å². The van der Waals surface area contributed by atoms with E-state index in [1.807, 2.05) is 0 Å². The van der Waals surface area contributed by atoms with E-state index in [9.17, 15) is 8.42 Å². The molecule has 1 rings (SSSR count). The van der Waals surface area contributed by atoms with E-state index < -0.39 is 9.05 Å². The minimum absolute atomic E-state index is 0.152. The van der Waals surface area contributed by atoms with E-state index in [0.717, 1.165) is 11.3 Å². The highest BCUT2D eigenvalue weighted by atomic mass is 35.7. The second-order valence-electron chi connectivity index (χ2n) is 1.66. The Balaban J connectivity index is 3.21. The van der Waals surface area contributed by atoms with Crippen molar-refractivity contribution in [3.8, 4) is 0 Å². The van der Waals surface area contributed by atoms with E-state index in [-0.39, 0.29) is 4.21 Å². The zero-order valence-corrected chi connectivity index (χ0v) is 7.26. The van der Waals surface area contributed by atoms with Crippen molar-refractivity contribution >= 4 is 31.1 Å². The predicted octanol–water partition coefficient (Wildman–Crippen LogP) is 1.86. The molecule has 0 spiro atoms. The van der Waals surface area contributed by atoms with Gasteiger partial charge in [0.2, 0.25) is 0 Å². The molecule has 0 unspecified atom stereocenters. The lowest BCUT2D eigenvalue weighted by Gasteiger charge is -1.84. The number of hydrogen-bond acceptors (Lipinski definition) is 3. The first-order valence-electron chi connectivity index (χ1n) is 2.36. The lowest BCUT2D eigenvalue weighted by Crippen LogP contribution is -1.82. The number of thiophene rings is 1. The summed E-state index contributed by atoms with van der Waals surface area (Å²) in [6.45, 7) is 3.55. The van der Waals surface area contributed by atoms with E-state index in [1.54, 1.807) is 6.07 Å². The molecule has 55 valence electrons. The molecule has 0 fully saturated rings. The first-order valence-corrected chi connectivity index (χ1v) is 5.49. The van der Waals surface area contributed by atoms with Gasteiger partial charge in [-0.15, -0.1) is 11.3 Å². The number of halogens is 1. The maximum atomic E-state index is 10.6. The molecule has 0 bridgehead atoms. The van der Waals surface area contributed by atoms with Gasteiger partial charge in [-0.1, -0.05) is 0 Å². The molecular weight excluding hydrogens is 192 g/mol. The van der Waals surface area contributed by atoms with Crippen molar-refractivity contribution in [2.45, 2.75) is 4.21 Å². The molecule has 5 heteroatoms. The fraction of sp³-hybridized carbons (Fsp3) is 0. The Hall–Kier alpha value is -0.0600. The van der Waals surface area contributed by atoms with Crippen LogP contribution in [0.25, 0.3) is 0 Å². The summed E-state index contributed by atoms with van der Waals surface area (Å²) in [4.78, 5) is 0.694. The maximum Gasteiger partial charge on any atom is 0.270 e. The quantitative estimate of drug-likeness (QED) is 0.641. The Bertz CT molecular complexity index is 325. The molecule has 0 saturated heterocycles. The van der Waals surface area contributed by atoms with Gasteiger partial charge in [0, 0.05) is 15.6 Å². The largest absolute Gasteiger partial charge is 0.270 e. The van der Waals surface area contributed by atoms with Gasteiger partial charge in [0.1, 0.15) is 4.21 Å². The predicted molar refractivity (Wildman–Crippen MR) is 41.8 cm³/mol. The molecule has 10 heavy (non-hydrogen) atoms. The molecule has 0 aliphatic carbocycles. The fourth-order valence-electron chi connectivity index (χ4n) is 0.489. The standard InChI is InChI=1S/C5H4ClO2S2/c1-4-2-3-5(9-4)10(6,7)8/h2-3H,1H2. The lowest BCUT2D eigenvalue weighted by atomic mass is 10.5. The van der Waals surface area contributed by atoms with Crippen molar-refractivity contribution < 1.29 is 8.42 Å². The summed E-state index contributed by atoms with van der Waals surface area (Å²) in [6, 6.07) is 3.05. The van der Waals surface area contributed by atoms with Gasteiger partial charge in [-0.2, -0.15) is 0 Å². The molecule has 0 saturated carbocycles. The van der Waals surface area contributed by atoms with Crippen LogP contribution in [0, 0.1) is 6.92 Å². The van der Waals surface area contributed by atoms with Gasteiger partial charge >= 0.3 is 0 Å². The van der Waals surface area contributed by atoms with Crippen LogP contribution in [-0.2, 0) is 9.05 Å².